The number of ether oxygens (including phenoxy) is 1. The second-order valence-electron chi connectivity index (χ2n) is 7.63. The van der Waals surface area contributed by atoms with E-state index in [2.05, 4.69) is 38.8 Å². The lowest BCUT2D eigenvalue weighted by Crippen LogP contribution is -2.42. The predicted octanol–water partition coefficient (Wildman–Crippen LogP) is 2.62. The smallest absolute Gasteiger partial charge is 0.330 e. The van der Waals surface area contributed by atoms with Crippen LogP contribution in [-0.2, 0) is 9.16 Å². The third-order valence-corrected chi connectivity index (χ3v) is 9.20. The summed E-state index contributed by atoms with van der Waals surface area (Å²) in [7, 11) is -1.97. The van der Waals surface area contributed by atoms with Crippen LogP contribution in [0.25, 0.3) is 0 Å². The third kappa shape index (κ3) is 3.76. The Morgan fingerprint density at radius 3 is 2.58 bits per heavy atom. The number of halogens is 1. The molecular formula is C16H25FN2O4Si. The lowest BCUT2D eigenvalue weighted by molar-refractivity contribution is -0.0193. The molecular weight excluding hydrogens is 331 g/mol. The molecule has 0 unspecified atom stereocenters. The van der Waals surface area contributed by atoms with Gasteiger partial charge in [0.15, 0.2) is 14.5 Å². The van der Waals surface area contributed by atoms with E-state index in [1.54, 1.807) is 6.92 Å². The van der Waals surface area contributed by atoms with Gasteiger partial charge in [-0.05, 0) is 31.1 Å². The molecule has 0 aromatic carbocycles. The van der Waals surface area contributed by atoms with E-state index < -0.39 is 37.7 Å². The molecule has 1 aliphatic rings. The SMILES string of the molecule is Cc1cn([C@H]2O[C@@H](CO[Si](C)(C)C(C)(C)C)C=C2F)c(=O)[nH]c1=O. The molecule has 1 aliphatic heterocycles. The molecule has 0 amide bonds. The van der Waals surface area contributed by atoms with Gasteiger partial charge in [-0.25, -0.2) is 9.18 Å². The van der Waals surface area contributed by atoms with E-state index in [1.165, 1.54) is 12.3 Å². The Hall–Kier alpha value is -1.51. The molecule has 0 saturated heterocycles. The summed E-state index contributed by atoms with van der Waals surface area (Å²) in [5.41, 5.74) is -0.881. The molecule has 1 N–H and O–H groups in total. The second-order valence-corrected chi connectivity index (χ2v) is 12.4. The summed E-state index contributed by atoms with van der Waals surface area (Å²) in [5, 5.41) is 0.0419. The molecule has 0 radical (unpaired) electrons. The van der Waals surface area contributed by atoms with Crippen molar-refractivity contribution in [2.24, 2.45) is 0 Å². The number of aryl methyl sites for hydroxylation is 1. The van der Waals surface area contributed by atoms with Crippen molar-refractivity contribution in [2.75, 3.05) is 6.61 Å². The third-order valence-electron chi connectivity index (χ3n) is 4.70. The van der Waals surface area contributed by atoms with Gasteiger partial charge in [-0.1, -0.05) is 20.8 Å². The van der Waals surface area contributed by atoms with E-state index in [4.69, 9.17) is 9.16 Å². The van der Waals surface area contributed by atoms with Crippen LogP contribution in [0.15, 0.2) is 27.7 Å². The van der Waals surface area contributed by atoms with E-state index in [-0.39, 0.29) is 11.6 Å². The van der Waals surface area contributed by atoms with Crippen molar-refractivity contribution in [3.05, 3.63) is 44.5 Å². The summed E-state index contributed by atoms with van der Waals surface area (Å²) in [6.45, 7) is 12.4. The van der Waals surface area contributed by atoms with Gasteiger partial charge in [0.2, 0.25) is 0 Å². The lowest BCUT2D eigenvalue weighted by Gasteiger charge is -2.36. The fourth-order valence-electron chi connectivity index (χ4n) is 2.08. The number of aromatic amines is 1. The number of rotatable bonds is 4. The first-order valence-corrected chi connectivity index (χ1v) is 10.8. The summed E-state index contributed by atoms with van der Waals surface area (Å²) in [6, 6.07) is 0. The number of hydrogen-bond donors (Lipinski definition) is 1. The quantitative estimate of drug-likeness (QED) is 0.842. The average molecular weight is 356 g/mol. The Labute approximate surface area is 141 Å². The van der Waals surface area contributed by atoms with Gasteiger partial charge in [0.1, 0.15) is 11.9 Å². The van der Waals surface area contributed by atoms with Gasteiger partial charge in [0.05, 0.1) is 6.61 Å². The zero-order valence-corrected chi connectivity index (χ0v) is 16.0. The molecule has 0 bridgehead atoms. The maximum Gasteiger partial charge on any atom is 0.330 e. The number of nitrogens with zero attached hydrogens (tertiary/aromatic N) is 1. The molecule has 0 saturated carbocycles. The Morgan fingerprint density at radius 1 is 1.38 bits per heavy atom. The number of nitrogens with one attached hydrogen (secondary N) is 1. The number of aromatic nitrogens is 2. The molecule has 2 rings (SSSR count). The van der Waals surface area contributed by atoms with Crippen molar-refractivity contribution >= 4 is 8.32 Å². The summed E-state index contributed by atoms with van der Waals surface area (Å²) in [4.78, 5) is 25.5. The number of hydrogen-bond acceptors (Lipinski definition) is 4. The van der Waals surface area contributed by atoms with Crippen molar-refractivity contribution < 1.29 is 13.6 Å². The van der Waals surface area contributed by atoms with Crippen molar-refractivity contribution in [1.82, 2.24) is 9.55 Å². The zero-order valence-electron chi connectivity index (χ0n) is 15.0. The summed E-state index contributed by atoms with van der Waals surface area (Å²) >= 11 is 0. The first-order chi connectivity index (χ1) is 10.9. The van der Waals surface area contributed by atoms with Gasteiger partial charge in [-0.3, -0.25) is 14.3 Å². The van der Waals surface area contributed by atoms with Crippen LogP contribution in [0.3, 0.4) is 0 Å². The van der Waals surface area contributed by atoms with Gasteiger partial charge < -0.3 is 9.16 Å². The normalized spacial score (nSPS) is 21.9. The van der Waals surface area contributed by atoms with Crippen LogP contribution in [0.5, 0.6) is 0 Å². The van der Waals surface area contributed by atoms with Crippen LogP contribution in [-0.4, -0.2) is 30.6 Å². The summed E-state index contributed by atoms with van der Waals surface area (Å²) in [5.74, 6) is -0.563. The van der Waals surface area contributed by atoms with Crippen molar-refractivity contribution in [1.29, 1.82) is 0 Å². The molecule has 6 nitrogen and oxygen atoms in total. The summed E-state index contributed by atoms with van der Waals surface area (Å²) in [6.07, 6.45) is 0.894. The van der Waals surface area contributed by atoms with Gasteiger partial charge >= 0.3 is 5.69 Å². The van der Waals surface area contributed by atoms with E-state index in [0.717, 1.165) is 4.57 Å². The topological polar surface area (TPSA) is 73.3 Å². The van der Waals surface area contributed by atoms with Gasteiger partial charge in [0, 0.05) is 11.8 Å². The molecule has 24 heavy (non-hydrogen) atoms. The second kappa shape index (κ2) is 6.42. The highest BCUT2D eigenvalue weighted by Crippen LogP contribution is 2.37. The average Bonchev–Trinajstić information content (AvgIpc) is 2.80. The minimum absolute atomic E-state index is 0.0419. The van der Waals surface area contributed by atoms with E-state index in [9.17, 15) is 14.0 Å². The van der Waals surface area contributed by atoms with Crippen molar-refractivity contribution in [3.63, 3.8) is 0 Å². The van der Waals surface area contributed by atoms with Crippen LogP contribution >= 0.6 is 0 Å². The highest BCUT2D eigenvalue weighted by molar-refractivity contribution is 6.74. The minimum Gasteiger partial charge on any atom is -0.414 e. The Bertz CT molecular complexity index is 761. The van der Waals surface area contributed by atoms with Crippen LogP contribution < -0.4 is 11.2 Å². The van der Waals surface area contributed by atoms with Crippen molar-refractivity contribution in [2.45, 2.75) is 58.2 Å². The van der Waals surface area contributed by atoms with Gasteiger partial charge in [0.25, 0.3) is 5.56 Å². The molecule has 0 spiro atoms. The van der Waals surface area contributed by atoms with E-state index in [0.29, 0.717) is 5.56 Å². The standard InChI is InChI=1S/C16H25FN2O4Si/c1-10-8-19(15(21)18-13(10)20)14-12(17)7-11(23-14)9-22-24(5,6)16(2,3)4/h7-8,11,14H,9H2,1-6H3,(H,18,20,21)/t11-,14+/m1/s1. The van der Waals surface area contributed by atoms with Gasteiger partial charge in [-0.15, -0.1) is 0 Å². The van der Waals surface area contributed by atoms with Crippen LogP contribution in [0.2, 0.25) is 18.1 Å². The van der Waals surface area contributed by atoms with Gasteiger partial charge in [-0.2, -0.15) is 0 Å². The zero-order chi connectivity index (χ0) is 18.3. The molecule has 0 aliphatic carbocycles. The van der Waals surface area contributed by atoms with E-state index >= 15 is 0 Å². The maximum atomic E-state index is 14.2. The van der Waals surface area contributed by atoms with E-state index in [1.807, 2.05) is 0 Å². The van der Waals surface area contributed by atoms with Crippen LogP contribution in [0, 0.1) is 6.92 Å². The minimum atomic E-state index is -1.97. The molecule has 134 valence electrons. The monoisotopic (exact) mass is 356 g/mol. The highest BCUT2D eigenvalue weighted by atomic mass is 28.4. The predicted molar refractivity (Wildman–Crippen MR) is 92.3 cm³/mol. The Balaban J connectivity index is 2.13. The fraction of sp³-hybridized carbons (Fsp3) is 0.625. The molecule has 2 heterocycles. The molecule has 8 heteroatoms. The molecule has 2 atom stereocenters. The number of H-pyrrole nitrogens is 1. The van der Waals surface area contributed by atoms with Crippen LogP contribution in [0.1, 0.15) is 32.6 Å². The summed E-state index contributed by atoms with van der Waals surface area (Å²) < 4.78 is 26.9. The Morgan fingerprint density at radius 2 is 2.00 bits per heavy atom. The largest absolute Gasteiger partial charge is 0.414 e. The molecule has 1 aromatic rings. The maximum absolute atomic E-state index is 14.2. The molecule has 0 fully saturated rings. The first kappa shape index (κ1) is 18.8. The van der Waals surface area contributed by atoms with Crippen molar-refractivity contribution in [3.8, 4) is 0 Å². The fourth-order valence-corrected chi connectivity index (χ4v) is 3.10. The van der Waals surface area contributed by atoms with Crippen LogP contribution in [0.4, 0.5) is 4.39 Å². The Kier molecular flexibility index (Phi) is 5.03. The molecule has 1 aromatic heterocycles. The highest BCUT2D eigenvalue weighted by Gasteiger charge is 2.39. The first-order valence-electron chi connectivity index (χ1n) is 7.91. The lowest BCUT2D eigenvalue weighted by atomic mass is 10.2.